The second-order valence-corrected chi connectivity index (χ2v) is 23.2. The molecule has 11 rings (SSSR count). The summed E-state index contributed by atoms with van der Waals surface area (Å²) in [7, 11) is 0. The van der Waals surface area contributed by atoms with Crippen LogP contribution in [0.1, 0.15) is 106 Å². The van der Waals surface area contributed by atoms with E-state index >= 15 is 0 Å². The Labute approximate surface area is 498 Å². The van der Waals surface area contributed by atoms with Crippen LogP contribution in [0.2, 0.25) is 0 Å². The number of carbonyl (C=O) groups is 2. The average molecular weight is 1190 g/mol. The standard InChI is InChI=1S/C42H40F2N6O3.C23H26F2N6O3/c1-27(51)22-23-50-35-21-20-31(53-40(43)44)24-32(35)36(48-50)34-25-45-38-37(46-34)33(39(52)47-41(2,3)4)26-49(38)42(28-14-8-5-9-15-28,29-16-10-6-11-17-29)30-18-12-7-13-19-30;1-12(32)7-8-31-17-6-5-13(34-22(24)25)9-14(17)18(30-31)16-11-27-20-19(28-16)15(10-26-20)21(33)29-23(2,3)4/h5-21,24-27,40,51H,22-23H2,1-4H3,(H,47,52);5-6,9-12,22,32H,7-8H2,1-4H3,(H,26,27)(H,29,33). The summed E-state index contributed by atoms with van der Waals surface area (Å²) in [5.41, 5.74) is 5.83. The molecule has 0 aliphatic rings. The van der Waals surface area contributed by atoms with Gasteiger partial charge in [-0.2, -0.15) is 27.8 Å². The van der Waals surface area contributed by atoms with E-state index in [1.165, 1.54) is 30.5 Å². The zero-order valence-electron chi connectivity index (χ0n) is 49.1. The normalized spacial score (nSPS) is 12.9. The summed E-state index contributed by atoms with van der Waals surface area (Å²) in [5.74, 6) is -0.687. The number of hydrogen-bond donors (Lipinski definition) is 5. The number of aliphatic hydroxyl groups is 2. The smallest absolute Gasteiger partial charge is 0.387 e. The number of rotatable bonds is 18. The molecule has 0 spiro atoms. The first kappa shape index (κ1) is 60.6. The molecule has 0 radical (unpaired) electrons. The van der Waals surface area contributed by atoms with Crippen molar-refractivity contribution in [2.45, 2.75) is 123 Å². The van der Waals surface area contributed by atoms with E-state index < -0.39 is 42.0 Å². The monoisotopic (exact) mass is 1190 g/mol. The molecule has 450 valence electrons. The number of aromatic amines is 1. The van der Waals surface area contributed by atoms with Gasteiger partial charge in [-0.3, -0.25) is 19.0 Å². The summed E-state index contributed by atoms with van der Waals surface area (Å²) in [6, 6.07) is 39.4. The van der Waals surface area contributed by atoms with Crippen LogP contribution >= 0.6 is 0 Å². The Balaban J connectivity index is 0.000000212. The minimum Gasteiger partial charge on any atom is -0.435 e. The summed E-state index contributed by atoms with van der Waals surface area (Å²) in [6.45, 7) is 9.52. The van der Waals surface area contributed by atoms with Gasteiger partial charge in [0.25, 0.3) is 11.8 Å². The van der Waals surface area contributed by atoms with Crippen LogP contribution in [0.5, 0.6) is 11.5 Å². The average Bonchev–Trinajstić information content (AvgIpc) is 1.74. The summed E-state index contributed by atoms with van der Waals surface area (Å²) < 4.78 is 66.9. The van der Waals surface area contributed by atoms with Crippen LogP contribution in [0.3, 0.4) is 0 Å². The zero-order chi connectivity index (χ0) is 62.0. The lowest BCUT2D eigenvalue weighted by molar-refractivity contribution is -0.0504. The van der Waals surface area contributed by atoms with Crippen molar-refractivity contribution < 1.29 is 46.8 Å². The lowest BCUT2D eigenvalue weighted by atomic mass is 9.76. The van der Waals surface area contributed by atoms with Gasteiger partial charge in [-0.05, 0) is 121 Å². The molecule has 18 nitrogen and oxygen atoms in total. The van der Waals surface area contributed by atoms with Crippen molar-refractivity contribution >= 4 is 55.9 Å². The van der Waals surface area contributed by atoms with Crippen LogP contribution in [0.4, 0.5) is 17.6 Å². The van der Waals surface area contributed by atoms with E-state index in [2.05, 4.69) is 71.8 Å². The summed E-state index contributed by atoms with van der Waals surface area (Å²) in [5, 5.41) is 36.3. The molecule has 87 heavy (non-hydrogen) atoms. The van der Waals surface area contributed by atoms with Gasteiger partial charge in [0, 0.05) is 47.3 Å². The Bertz CT molecular complexity index is 4130. The van der Waals surface area contributed by atoms with Crippen molar-refractivity contribution in [2.24, 2.45) is 0 Å². The van der Waals surface area contributed by atoms with E-state index in [0.717, 1.165) is 16.7 Å². The number of nitrogens with zero attached hydrogens (tertiary/aromatic N) is 9. The van der Waals surface area contributed by atoms with Crippen molar-refractivity contribution in [1.82, 2.24) is 59.7 Å². The summed E-state index contributed by atoms with van der Waals surface area (Å²) in [4.78, 5) is 49.1. The van der Waals surface area contributed by atoms with Gasteiger partial charge in [0.1, 0.15) is 50.8 Å². The van der Waals surface area contributed by atoms with Gasteiger partial charge in [-0.25, -0.2) is 19.9 Å². The molecule has 22 heteroatoms. The topological polar surface area (TPSA) is 225 Å². The number of aliphatic hydroxyl groups excluding tert-OH is 2. The van der Waals surface area contributed by atoms with Crippen LogP contribution in [0.15, 0.2) is 152 Å². The molecule has 6 heterocycles. The maximum absolute atomic E-state index is 14.3. The molecular weight excluding hydrogens is 1120 g/mol. The summed E-state index contributed by atoms with van der Waals surface area (Å²) in [6.07, 6.45) is 6.20. The van der Waals surface area contributed by atoms with Crippen molar-refractivity contribution in [2.75, 3.05) is 0 Å². The fourth-order valence-corrected chi connectivity index (χ4v) is 10.5. The Kier molecular flexibility index (Phi) is 17.3. The van der Waals surface area contributed by atoms with Gasteiger partial charge in [0.05, 0.1) is 46.8 Å². The van der Waals surface area contributed by atoms with Gasteiger partial charge < -0.3 is 39.9 Å². The molecule has 0 fully saturated rings. The van der Waals surface area contributed by atoms with Crippen LogP contribution in [0, 0.1) is 0 Å². The van der Waals surface area contributed by atoms with E-state index in [1.807, 2.05) is 107 Å². The minimum absolute atomic E-state index is 0.0141. The number of alkyl halides is 4. The number of H-pyrrole nitrogens is 1. The number of fused-ring (bicyclic) bond motifs is 4. The Morgan fingerprint density at radius 1 is 0.586 bits per heavy atom. The highest BCUT2D eigenvalue weighted by molar-refractivity contribution is 6.07. The largest absolute Gasteiger partial charge is 0.435 e. The van der Waals surface area contributed by atoms with Gasteiger partial charge in [0.15, 0.2) is 11.3 Å². The third-order valence-electron chi connectivity index (χ3n) is 14.2. The number of aryl methyl sites for hydroxylation is 2. The number of benzene rings is 5. The maximum atomic E-state index is 14.3. The van der Waals surface area contributed by atoms with Crippen molar-refractivity contribution in [3.8, 4) is 34.3 Å². The lowest BCUT2D eigenvalue weighted by Gasteiger charge is -2.38. The number of ether oxygens (including phenoxy) is 2. The molecule has 6 aromatic heterocycles. The predicted molar refractivity (Wildman–Crippen MR) is 324 cm³/mol. The number of carbonyl (C=O) groups excluding carboxylic acids is 2. The molecule has 0 aliphatic carbocycles. The molecule has 2 unspecified atom stereocenters. The van der Waals surface area contributed by atoms with E-state index in [-0.39, 0.29) is 23.3 Å². The van der Waals surface area contributed by atoms with Gasteiger partial charge in [0.2, 0.25) is 0 Å². The van der Waals surface area contributed by atoms with Crippen molar-refractivity contribution in [1.29, 1.82) is 0 Å². The van der Waals surface area contributed by atoms with Gasteiger partial charge in [-0.1, -0.05) is 91.0 Å². The highest BCUT2D eigenvalue weighted by atomic mass is 19.3. The lowest BCUT2D eigenvalue weighted by Crippen LogP contribution is -2.40. The Morgan fingerprint density at radius 2 is 1.01 bits per heavy atom. The number of halogens is 4. The second-order valence-electron chi connectivity index (χ2n) is 23.2. The third kappa shape index (κ3) is 13.2. The maximum Gasteiger partial charge on any atom is 0.387 e. The molecule has 11 aromatic rings. The van der Waals surface area contributed by atoms with E-state index in [4.69, 9.17) is 19.8 Å². The van der Waals surface area contributed by atoms with Crippen LogP contribution in [-0.2, 0) is 18.6 Å². The first-order chi connectivity index (χ1) is 41.5. The molecule has 0 aliphatic heterocycles. The third-order valence-corrected chi connectivity index (χ3v) is 14.2. The first-order valence-electron chi connectivity index (χ1n) is 28.3. The molecule has 2 atom stereocenters. The van der Waals surface area contributed by atoms with E-state index in [0.29, 0.717) is 104 Å². The van der Waals surface area contributed by atoms with Crippen LogP contribution in [-0.4, -0.2) is 108 Å². The Morgan fingerprint density at radius 3 is 1.44 bits per heavy atom. The highest BCUT2D eigenvalue weighted by Gasteiger charge is 2.41. The van der Waals surface area contributed by atoms with Crippen LogP contribution in [0.25, 0.3) is 66.9 Å². The number of hydrogen-bond acceptors (Lipinski definition) is 12. The summed E-state index contributed by atoms with van der Waals surface area (Å²) >= 11 is 0. The molecular formula is C65H66F4N12O6. The zero-order valence-corrected chi connectivity index (χ0v) is 49.1. The Hall–Kier alpha value is -9.54. The van der Waals surface area contributed by atoms with Crippen LogP contribution < -0.4 is 20.1 Å². The van der Waals surface area contributed by atoms with Gasteiger partial charge in [-0.15, -0.1) is 0 Å². The number of aromatic nitrogens is 10. The van der Waals surface area contributed by atoms with E-state index in [1.54, 1.807) is 47.7 Å². The molecule has 5 aromatic carbocycles. The quantitative estimate of drug-likeness (QED) is 0.0400. The van der Waals surface area contributed by atoms with E-state index in [9.17, 15) is 37.4 Å². The van der Waals surface area contributed by atoms with Crippen molar-refractivity contribution in [3.63, 3.8) is 0 Å². The predicted octanol–water partition coefficient (Wildman–Crippen LogP) is 12.1. The minimum atomic E-state index is -3.01. The number of amides is 2. The molecule has 5 N–H and O–H groups in total. The fraction of sp³-hybridized carbons (Fsp3) is 0.292. The fourth-order valence-electron chi connectivity index (χ4n) is 10.5. The van der Waals surface area contributed by atoms with Crippen molar-refractivity contribution in [3.05, 3.63) is 180 Å². The molecule has 0 bridgehead atoms. The SMILES string of the molecule is CC(O)CCn1nc(-c2cnc3[nH]cc(C(=O)NC(C)(C)C)c3n2)c2cc(OC(F)F)ccc21.CC(O)CCn1nc(-c2cnc3c(n2)c(C(=O)NC(C)(C)C)cn3C(c2ccccc2)(c2ccccc2)c2ccccc2)c2cc(OC(F)F)ccc21. The molecule has 0 saturated carbocycles. The number of nitrogens with one attached hydrogen (secondary N) is 3. The molecule has 0 saturated heterocycles. The van der Waals surface area contributed by atoms with Gasteiger partial charge >= 0.3 is 13.2 Å². The first-order valence-corrected chi connectivity index (χ1v) is 28.3. The highest BCUT2D eigenvalue weighted by Crippen LogP contribution is 2.44. The molecule has 2 amide bonds. The second kappa shape index (κ2) is 24.8.